The van der Waals surface area contributed by atoms with Gasteiger partial charge in [0.2, 0.25) is 0 Å². The standard InChI is InChI=1S/C21H27N3O3/c1-25-18-13-20(26-2)19(21(14-18)27-3)15-22-24-11-9-23(10-12-24)16-17-7-5-4-6-8-17/h4-8,13-15H,9-12,16H2,1-3H3/b22-15+. The van der Waals surface area contributed by atoms with Crippen molar-refractivity contribution in [3.8, 4) is 17.2 Å². The summed E-state index contributed by atoms with van der Waals surface area (Å²) in [6, 6.07) is 14.2. The molecule has 27 heavy (non-hydrogen) atoms. The van der Waals surface area contributed by atoms with Crippen molar-refractivity contribution in [2.24, 2.45) is 5.10 Å². The van der Waals surface area contributed by atoms with Crippen LogP contribution in [-0.4, -0.2) is 63.6 Å². The Morgan fingerprint density at radius 2 is 1.52 bits per heavy atom. The summed E-state index contributed by atoms with van der Waals surface area (Å²) in [4.78, 5) is 2.45. The Morgan fingerprint density at radius 3 is 2.07 bits per heavy atom. The molecular weight excluding hydrogens is 342 g/mol. The van der Waals surface area contributed by atoms with Crippen LogP contribution in [-0.2, 0) is 6.54 Å². The molecule has 1 fully saturated rings. The molecule has 0 saturated carbocycles. The number of ether oxygens (including phenoxy) is 3. The largest absolute Gasteiger partial charge is 0.496 e. The smallest absolute Gasteiger partial charge is 0.135 e. The van der Waals surface area contributed by atoms with E-state index in [1.165, 1.54) is 5.56 Å². The summed E-state index contributed by atoms with van der Waals surface area (Å²) in [6.07, 6.45) is 1.81. The fourth-order valence-electron chi connectivity index (χ4n) is 3.15. The van der Waals surface area contributed by atoms with Gasteiger partial charge in [-0.2, -0.15) is 5.10 Å². The molecule has 3 rings (SSSR count). The molecule has 6 heteroatoms. The third-order valence-electron chi connectivity index (χ3n) is 4.70. The van der Waals surface area contributed by atoms with Gasteiger partial charge in [-0.1, -0.05) is 30.3 Å². The summed E-state index contributed by atoms with van der Waals surface area (Å²) in [5, 5.41) is 6.74. The molecule has 144 valence electrons. The highest BCUT2D eigenvalue weighted by molar-refractivity contribution is 5.88. The molecule has 1 aliphatic heterocycles. The summed E-state index contributed by atoms with van der Waals surface area (Å²) in [6.45, 7) is 4.75. The quantitative estimate of drug-likeness (QED) is 0.703. The van der Waals surface area contributed by atoms with Crippen LogP contribution in [0.5, 0.6) is 17.2 Å². The molecule has 1 saturated heterocycles. The fraction of sp³-hybridized carbons (Fsp3) is 0.381. The lowest BCUT2D eigenvalue weighted by atomic mass is 10.2. The van der Waals surface area contributed by atoms with Crippen LogP contribution in [0.1, 0.15) is 11.1 Å². The van der Waals surface area contributed by atoms with E-state index in [-0.39, 0.29) is 0 Å². The molecule has 2 aromatic rings. The zero-order valence-corrected chi connectivity index (χ0v) is 16.2. The Bertz CT molecular complexity index is 732. The van der Waals surface area contributed by atoms with Crippen molar-refractivity contribution >= 4 is 6.21 Å². The van der Waals surface area contributed by atoms with E-state index in [2.05, 4.69) is 45.3 Å². The summed E-state index contributed by atoms with van der Waals surface area (Å²) < 4.78 is 16.2. The van der Waals surface area contributed by atoms with Gasteiger partial charge in [0.15, 0.2) is 0 Å². The molecule has 0 aliphatic carbocycles. The van der Waals surface area contributed by atoms with E-state index in [1.54, 1.807) is 21.3 Å². The minimum atomic E-state index is 0.678. The van der Waals surface area contributed by atoms with Gasteiger partial charge in [-0.15, -0.1) is 0 Å². The maximum Gasteiger partial charge on any atom is 0.135 e. The first-order valence-corrected chi connectivity index (χ1v) is 9.08. The van der Waals surface area contributed by atoms with E-state index in [4.69, 9.17) is 14.2 Å². The molecule has 1 aliphatic rings. The lowest BCUT2D eigenvalue weighted by molar-refractivity contribution is 0.131. The first-order valence-electron chi connectivity index (χ1n) is 9.08. The van der Waals surface area contributed by atoms with E-state index in [0.29, 0.717) is 17.2 Å². The van der Waals surface area contributed by atoms with Gasteiger partial charge < -0.3 is 14.2 Å². The average molecular weight is 369 g/mol. The SMILES string of the molecule is COc1cc(OC)c(/C=N/N2CCN(Cc3ccccc3)CC2)c(OC)c1. The average Bonchev–Trinajstić information content (AvgIpc) is 2.73. The second kappa shape index (κ2) is 9.28. The predicted molar refractivity (Wildman–Crippen MR) is 107 cm³/mol. The Hall–Kier alpha value is -2.73. The second-order valence-corrected chi connectivity index (χ2v) is 6.41. The fourth-order valence-corrected chi connectivity index (χ4v) is 3.15. The number of hydrogen-bond acceptors (Lipinski definition) is 6. The minimum Gasteiger partial charge on any atom is -0.496 e. The number of piperazine rings is 1. The van der Waals surface area contributed by atoms with Crippen LogP contribution in [0.25, 0.3) is 0 Å². The molecule has 0 bridgehead atoms. The first-order chi connectivity index (χ1) is 13.2. The van der Waals surface area contributed by atoms with Gasteiger partial charge in [0, 0.05) is 44.9 Å². The Labute approximate surface area is 160 Å². The van der Waals surface area contributed by atoms with Gasteiger partial charge >= 0.3 is 0 Å². The van der Waals surface area contributed by atoms with Crippen LogP contribution < -0.4 is 14.2 Å². The second-order valence-electron chi connectivity index (χ2n) is 6.41. The Balaban J connectivity index is 1.62. The molecule has 6 nitrogen and oxygen atoms in total. The summed E-state index contributed by atoms with van der Waals surface area (Å²) in [5.74, 6) is 2.05. The highest BCUT2D eigenvalue weighted by Crippen LogP contribution is 2.32. The van der Waals surface area contributed by atoms with Crippen LogP contribution in [0.15, 0.2) is 47.6 Å². The van der Waals surface area contributed by atoms with Gasteiger partial charge in [-0.3, -0.25) is 9.91 Å². The molecular formula is C21H27N3O3. The zero-order chi connectivity index (χ0) is 19.1. The van der Waals surface area contributed by atoms with E-state index in [9.17, 15) is 0 Å². The van der Waals surface area contributed by atoms with Crippen molar-refractivity contribution < 1.29 is 14.2 Å². The summed E-state index contributed by atoms with van der Waals surface area (Å²) >= 11 is 0. The summed E-state index contributed by atoms with van der Waals surface area (Å²) in [7, 11) is 4.89. The van der Waals surface area contributed by atoms with Gasteiger partial charge in [0.05, 0.1) is 33.1 Å². The lowest BCUT2D eigenvalue weighted by Gasteiger charge is -2.33. The molecule has 0 N–H and O–H groups in total. The molecule has 0 unspecified atom stereocenters. The monoisotopic (exact) mass is 369 g/mol. The highest BCUT2D eigenvalue weighted by Gasteiger charge is 2.16. The van der Waals surface area contributed by atoms with E-state index in [0.717, 1.165) is 38.3 Å². The van der Waals surface area contributed by atoms with Crippen LogP contribution in [0.2, 0.25) is 0 Å². The van der Waals surface area contributed by atoms with Crippen LogP contribution >= 0.6 is 0 Å². The van der Waals surface area contributed by atoms with E-state index in [1.807, 2.05) is 18.3 Å². The van der Waals surface area contributed by atoms with Gasteiger partial charge in [0.25, 0.3) is 0 Å². The number of hydrogen-bond donors (Lipinski definition) is 0. The number of nitrogens with zero attached hydrogens (tertiary/aromatic N) is 3. The number of methoxy groups -OCH3 is 3. The topological polar surface area (TPSA) is 46.5 Å². The maximum absolute atomic E-state index is 5.48. The van der Waals surface area contributed by atoms with Crippen molar-refractivity contribution in [3.63, 3.8) is 0 Å². The normalized spacial score (nSPS) is 15.1. The highest BCUT2D eigenvalue weighted by atomic mass is 16.5. The third-order valence-corrected chi connectivity index (χ3v) is 4.70. The molecule has 0 aromatic heterocycles. The first kappa shape index (κ1) is 19.0. The molecule has 1 heterocycles. The molecule has 0 amide bonds. The van der Waals surface area contributed by atoms with Crippen molar-refractivity contribution in [1.29, 1.82) is 0 Å². The predicted octanol–water partition coefficient (Wildman–Crippen LogP) is 2.86. The maximum atomic E-state index is 5.48. The lowest BCUT2D eigenvalue weighted by Crippen LogP contribution is -2.43. The third kappa shape index (κ3) is 4.92. The minimum absolute atomic E-state index is 0.678. The number of hydrazone groups is 1. The van der Waals surface area contributed by atoms with Gasteiger partial charge in [0.1, 0.15) is 17.2 Å². The Morgan fingerprint density at radius 1 is 0.889 bits per heavy atom. The van der Waals surface area contributed by atoms with Gasteiger partial charge in [-0.25, -0.2) is 0 Å². The van der Waals surface area contributed by atoms with Crippen LogP contribution in [0.3, 0.4) is 0 Å². The van der Waals surface area contributed by atoms with Gasteiger partial charge in [-0.05, 0) is 5.56 Å². The molecule has 0 radical (unpaired) electrons. The zero-order valence-electron chi connectivity index (χ0n) is 16.2. The molecule has 0 spiro atoms. The van der Waals surface area contributed by atoms with Crippen molar-refractivity contribution in [3.05, 3.63) is 53.6 Å². The van der Waals surface area contributed by atoms with E-state index < -0.39 is 0 Å². The summed E-state index contributed by atoms with van der Waals surface area (Å²) in [5.41, 5.74) is 2.16. The molecule has 2 aromatic carbocycles. The number of benzene rings is 2. The Kier molecular flexibility index (Phi) is 6.54. The van der Waals surface area contributed by atoms with Crippen LogP contribution in [0.4, 0.5) is 0 Å². The van der Waals surface area contributed by atoms with Crippen LogP contribution in [0, 0.1) is 0 Å². The van der Waals surface area contributed by atoms with Crippen molar-refractivity contribution in [2.45, 2.75) is 6.54 Å². The molecule has 0 atom stereocenters. The van der Waals surface area contributed by atoms with Crippen molar-refractivity contribution in [2.75, 3.05) is 47.5 Å². The number of rotatable bonds is 7. The van der Waals surface area contributed by atoms with E-state index >= 15 is 0 Å². The van der Waals surface area contributed by atoms with Crippen molar-refractivity contribution in [1.82, 2.24) is 9.91 Å².